The first-order valence-electron chi connectivity index (χ1n) is 11.0. The molecule has 1 aliphatic heterocycles. The molecular formula is C24H23BrFN7O. The highest BCUT2D eigenvalue weighted by molar-refractivity contribution is 9.10. The standard InChI is InChI=1S/C24H23BrFN7O/c1-15-2-7-18(10-20(15)26)33-12-19-22(31-33)29-14-30-23(19)32-9-8-27-21(13-32)24(34)28-11-16-3-5-17(25)6-4-16/h2-7,10,12,14,21,27H,8-9,11,13H2,1H3,(H,28,34)/t21-/m0/s1. The summed E-state index contributed by atoms with van der Waals surface area (Å²) in [5.74, 6) is 0.349. The van der Waals surface area contributed by atoms with E-state index in [1.165, 1.54) is 12.4 Å². The molecule has 0 bridgehead atoms. The van der Waals surface area contributed by atoms with Crippen molar-refractivity contribution >= 4 is 38.7 Å². The number of nitrogens with one attached hydrogen (secondary N) is 2. The Hall–Kier alpha value is -3.37. The summed E-state index contributed by atoms with van der Waals surface area (Å²) in [7, 11) is 0. The summed E-state index contributed by atoms with van der Waals surface area (Å²) < 4.78 is 16.7. The molecule has 1 atom stereocenters. The molecule has 2 aromatic carbocycles. The minimum absolute atomic E-state index is 0.0660. The van der Waals surface area contributed by atoms with Crippen LogP contribution in [0.3, 0.4) is 0 Å². The van der Waals surface area contributed by atoms with Gasteiger partial charge in [-0.25, -0.2) is 19.0 Å². The number of hydrogen-bond donors (Lipinski definition) is 2. The monoisotopic (exact) mass is 523 g/mol. The number of benzene rings is 2. The van der Waals surface area contributed by atoms with Crippen LogP contribution in [0.15, 0.2) is 59.5 Å². The highest BCUT2D eigenvalue weighted by Gasteiger charge is 2.27. The summed E-state index contributed by atoms with van der Waals surface area (Å²) in [4.78, 5) is 23.7. The van der Waals surface area contributed by atoms with Gasteiger partial charge in [0.2, 0.25) is 5.91 Å². The molecule has 0 unspecified atom stereocenters. The van der Waals surface area contributed by atoms with E-state index in [1.54, 1.807) is 23.9 Å². The average molecular weight is 524 g/mol. The third kappa shape index (κ3) is 4.64. The summed E-state index contributed by atoms with van der Waals surface area (Å²) in [5, 5.41) is 11.5. The van der Waals surface area contributed by atoms with Gasteiger partial charge in [-0.15, -0.1) is 5.10 Å². The topological polar surface area (TPSA) is 88.0 Å². The molecular weight excluding hydrogens is 501 g/mol. The van der Waals surface area contributed by atoms with Crippen molar-refractivity contribution in [2.75, 3.05) is 24.5 Å². The van der Waals surface area contributed by atoms with Crippen molar-refractivity contribution in [1.29, 1.82) is 0 Å². The number of nitrogens with zero attached hydrogens (tertiary/aromatic N) is 5. The number of halogens is 2. The molecule has 10 heteroatoms. The van der Waals surface area contributed by atoms with Crippen LogP contribution in [0.5, 0.6) is 0 Å². The first kappa shape index (κ1) is 22.4. The summed E-state index contributed by atoms with van der Waals surface area (Å²) in [6.07, 6.45) is 3.27. The Balaban J connectivity index is 1.33. The largest absolute Gasteiger partial charge is 0.353 e. The second-order valence-corrected chi connectivity index (χ2v) is 9.15. The Morgan fingerprint density at radius 2 is 2.06 bits per heavy atom. The smallest absolute Gasteiger partial charge is 0.239 e. The lowest BCUT2D eigenvalue weighted by molar-refractivity contribution is -0.123. The molecule has 34 heavy (non-hydrogen) atoms. The fourth-order valence-corrected chi connectivity index (χ4v) is 4.23. The van der Waals surface area contributed by atoms with E-state index in [1.807, 2.05) is 30.3 Å². The van der Waals surface area contributed by atoms with E-state index >= 15 is 0 Å². The van der Waals surface area contributed by atoms with Crippen LogP contribution in [0.4, 0.5) is 10.2 Å². The number of piperazine rings is 1. The molecule has 0 saturated carbocycles. The van der Waals surface area contributed by atoms with Crippen LogP contribution in [0.2, 0.25) is 0 Å². The highest BCUT2D eigenvalue weighted by Crippen LogP contribution is 2.25. The van der Waals surface area contributed by atoms with Crippen LogP contribution in [0, 0.1) is 12.7 Å². The lowest BCUT2D eigenvalue weighted by Crippen LogP contribution is -2.57. The van der Waals surface area contributed by atoms with Crippen LogP contribution in [0.1, 0.15) is 11.1 Å². The Kier molecular flexibility index (Phi) is 6.25. The van der Waals surface area contributed by atoms with Gasteiger partial charge in [-0.05, 0) is 42.3 Å². The van der Waals surface area contributed by atoms with Gasteiger partial charge in [-0.1, -0.05) is 34.1 Å². The molecule has 2 aromatic heterocycles. The van der Waals surface area contributed by atoms with Gasteiger partial charge in [0.15, 0.2) is 5.65 Å². The number of anilines is 1. The fourth-order valence-electron chi connectivity index (χ4n) is 3.97. The van der Waals surface area contributed by atoms with Gasteiger partial charge in [0.05, 0.1) is 11.1 Å². The van der Waals surface area contributed by atoms with Crippen LogP contribution < -0.4 is 15.5 Å². The maximum absolute atomic E-state index is 14.1. The summed E-state index contributed by atoms with van der Waals surface area (Å²) in [6, 6.07) is 12.5. The van der Waals surface area contributed by atoms with Crippen molar-refractivity contribution in [3.05, 3.63) is 76.4 Å². The molecule has 8 nitrogen and oxygen atoms in total. The molecule has 1 fully saturated rings. The minimum atomic E-state index is -0.379. The molecule has 2 N–H and O–H groups in total. The van der Waals surface area contributed by atoms with Crippen molar-refractivity contribution in [3.63, 3.8) is 0 Å². The van der Waals surface area contributed by atoms with E-state index < -0.39 is 0 Å². The molecule has 3 heterocycles. The van der Waals surface area contributed by atoms with Gasteiger partial charge in [0.1, 0.15) is 24.0 Å². The third-order valence-electron chi connectivity index (χ3n) is 5.89. The fraction of sp³-hybridized carbons (Fsp3) is 0.250. The average Bonchev–Trinajstić information content (AvgIpc) is 3.30. The number of fused-ring (bicyclic) bond motifs is 1. The Morgan fingerprint density at radius 1 is 1.24 bits per heavy atom. The van der Waals surface area contributed by atoms with E-state index in [-0.39, 0.29) is 17.8 Å². The van der Waals surface area contributed by atoms with E-state index in [9.17, 15) is 9.18 Å². The van der Waals surface area contributed by atoms with Crippen LogP contribution in [-0.2, 0) is 11.3 Å². The highest BCUT2D eigenvalue weighted by atomic mass is 79.9. The van der Waals surface area contributed by atoms with Crippen molar-refractivity contribution in [2.45, 2.75) is 19.5 Å². The maximum Gasteiger partial charge on any atom is 0.239 e. The molecule has 1 aliphatic rings. The Morgan fingerprint density at radius 3 is 2.85 bits per heavy atom. The predicted molar refractivity (Wildman–Crippen MR) is 131 cm³/mol. The molecule has 4 aromatic rings. The first-order valence-corrected chi connectivity index (χ1v) is 11.7. The zero-order valence-electron chi connectivity index (χ0n) is 18.5. The van der Waals surface area contributed by atoms with E-state index in [0.29, 0.717) is 48.9 Å². The second-order valence-electron chi connectivity index (χ2n) is 8.24. The number of rotatable bonds is 5. The SMILES string of the molecule is Cc1ccc(-n2cc3c(N4CCN[C@H](C(=O)NCc5ccc(Br)cc5)C4)ncnc3n2)cc1F. The first-order chi connectivity index (χ1) is 16.5. The van der Waals surface area contributed by atoms with Gasteiger partial charge in [-0.3, -0.25) is 4.79 Å². The number of aryl methyl sites for hydroxylation is 1. The zero-order chi connectivity index (χ0) is 23.7. The molecule has 0 aliphatic carbocycles. The van der Waals surface area contributed by atoms with Crippen molar-refractivity contribution < 1.29 is 9.18 Å². The Labute approximate surface area is 204 Å². The maximum atomic E-state index is 14.1. The number of carbonyl (C=O) groups is 1. The summed E-state index contributed by atoms with van der Waals surface area (Å²) in [5.41, 5.74) is 2.73. The van der Waals surface area contributed by atoms with Crippen LogP contribution in [0.25, 0.3) is 16.7 Å². The number of amides is 1. The normalized spacial score (nSPS) is 16.1. The molecule has 5 rings (SSSR count). The van der Waals surface area contributed by atoms with Crippen LogP contribution >= 0.6 is 15.9 Å². The lowest BCUT2D eigenvalue weighted by Gasteiger charge is -2.33. The van der Waals surface area contributed by atoms with Crippen molar-refractivity contribution in [3.8, 4) is 5.69 Å². The summed E-state index contributed by atoms with van der Waals surface area (Å²) >= 11 is 3.42. The predicted octanol–water partition coefficient (Wildman–Crippen LogP) is 3.12. The number of aromatic nitrogens is 4. The zero-order valence-corrected chi connectivity index (χ0v) is 20.1. The van der Waals surface area contributed by atoms with Crippen LogP contribution in [-0.4, -0.2) is 51.3 Å². The number of hydrogen-bond acceptors (Lipinski definition) is 6. The number of carbonyl (C=O) groups excluding carboxylic acids is 1. The molecule has 0 radical (unpaired) electrons. The van der Waals surface area contributed by atoms with E-state index in [4.69, 9.17) is 0 Å². The third-order valence-corrected chi connectivity index (χ3v) is 6.42. The van der Waals surface area contributed by atoms with Gasteiger partial charge in [0.25, 0.3) is 0 Å². The molecule has 1 amide bonds. The van der Waals surface area contributed by atoms with Gasteiger partial charge in [0, 0.05) is 36.8 Å². The Bertz CT molecular complexity index is 1340. The van der Waals surface area contributed by atoms with Gasteiger partial charge < -0.3 is 15.5 Å². The minimum Gasteiger partial charge on any atom is -0.353 e. The molecule has 174 valence electrons. The second kappa shape index (κ2) is 9.47. The summed E-state index contributed by atoms with van der Waals surface area (Å²) in [6.45, 7) is 3.97. The van der Waals surface area contributed by atoms with Crippen molar-refractivity contribution in [1.82, 2.24) is 30.4 Å². The van der Waals surface area contributed by atoms with E-state index in [2.05, 4.69) is 46.5 Å². The van der Waals surface area contributed by atoms with Crippen molar-refractivity contribution in [2.24, 2.45) is 0 Å². The molecule has 1 saturated heterocycles. The van der Waals surface area contributed by atoms with E-state index in [0.717, 1.165) is 15.4 Å². The lowest BCUT2D eigenvalue weighted by atomic mass is 10.1. The quantitative estimate of drug-likeness (QED) is 0.417. The molecule has 0 spiro atoms. The van der Waals surface area contributed by atoms with Gasteiger partial charge >= 0.3 is 0 Å². The van der Waals surface area contributed by atoms with Gasteiger partial charge in [-0.2, -0.15) is 0 Å².